The summed E-state index contributed by atoms with van der Waals surface area (Å²) in [6.45, 7) is 0.0325. The van der Waals surface area contributed by atoms with Gasteiger partial charge >= 0.3 is 6.36 Å². The van der Waals surface area contributed by atoms with E-state index < -0.39 is 11.4 Å². The Morgan fingerprint density at radius 1 is 1.28 bits per heavy atom. The van der Waals surface area contributed by atoms with Crippen molar-refractivity contribution in [3.8, 4) is 0 Å². The van der Waals surface area contributed by atoms with E-state index in [1.807, 2.05) is 0 Å². The molecular weight excluding hydrogens is 301 g/mol. The fourth-order valence-corrected chi connectivity index (χ4v) is 2.35. The molecule has 0 aliphatic carbocycles. The van der Waals surface area contributed by atoms with Crippen molar-refractivity contribution in [2.75, 3.05) is 31.4 Å². The van der Waals surface area contributed by atoms with Gasteiger partial charge in [-0.05, 0) is 0 Å². The predicted molar refractivity (Wildman–Crippen MR) is 59.0 cm³/mol. The molecule has 0 saturated heterocycles. The Hall–Kier alpha value is -0.430. The number of halogens is 3. The standard InChI is InChI=1S/C6H11F3N2O5S2/c7-6(8,9)16-15-5-10-1-3-17-18-4-2-14-11(12)13/h10H,1-5H2. The molecule has 0 aliphatic heterocycles. The highest BCUT2D eigenvalue weighted by Gasteiger charge is 2.30. The Bertz CT molecular complexity index is 234. The third kappa shape index (κ3) is 15.6. The summed E-state index contributed by atoms with van der Waals surface area (Å²) in [5.41, 5.74) is 0. The summed E-state index contributed by atoms with van der Waals surface area (Å²) in [6.07, 6.45) is -4.80. The number of hydrogen-bond donors (Lipinski definition) is 1. The Morgan fingerprint density at radius 3 is 2.56 bits per heavy atom. The van der Waals surface area contributed by atoms with Crippen LogP contribution in [-0.4, -0.2) is 42.8 Å². The lowest BCUT2D eigenvalue weighted by Crippen LogP contribution is -2.24. The van der Waals surface area contributed by atoms with E-state index in [-0.39, 0.29) is 13.3 Å². The lowest BCUT2D eigenvalue weighted by Gasteiger charge is -2.07. The highest BCUT2D eigenvalue weighted by atomic mass is 33.1. The molecule has 1 N–H and O–H groups in total. The predicted octanol–water partition coefficient (Wildman–Crippen LogP) is 1.59. The van der Waals surface area contributed by atoms with Gasteiger partial charge in [0.1, 0.15) is 13.3 Å². The number of nitrogens with one attached hydrogen (secondary N) is 1. The van der Waals surface area contributed by atoms with E-state index in [4.69, 9.17) is 0 Å². The molecular formula is C6H11F3N2O5S2. The lowest BCUT2D eigenvalue weighted by molar-refractivity contribution is -0.756. The minimum absolute atomic E-state index is 0.000624. The van der Waals surface area contributed by atoms with Crippen LogP contribution in [0.15, 0.2) is 0 Å². The smallest absolute Gasteiger partial charge is 0.313 e. The van der Waals surface area contributed by atoms with Crippen molar-refractivity contribution in [3.63, 3.8) is 0 Å². The third-order valence-electron chi connectivity index (χ3n) is 1.12. The molecule has 0 rings (SSSR count). The van der Waals surface area contributed by atoms with Gasteiger partial charge in [-0.2, -0.15) is 0 Å². The van der Waals surface area contributed by atoms with Crippen molar-refractivity contribution in [2.45, 2.75) is 6.36 Å². The van der Waals surface area contributed by atoms with Crippen LogP contribution in [0.5, 0.6) is 0 Å². The molecule has 0 fully saturated rings. The van der Waals surface area contributed by atoms with E-state index in [0.717, 1.165) is 0 Å². The van der Waals surface area contributed by atoms with E-state index in [1.165, 1.54) is 21.6 Å². The Balaban J connectivity index is 3.06. The Kier molecular flexibility index (Phi) is 10.2. The van der Waals surface area contributed by atoms with Crippen LogP contribution in [0.1, 0.15) is 0 Å². The van der Waals surface area contributed by atoms with Gasteiger partial charge in [0.15, 0.2) is 0 Å². The minimum Gasteiger partial charge on any atom is -0.313 e. The SMILES string of the molecule is O=[N+]([O-])OCCSSCCNCOOC(F)(F)F. The minimum atomic E-state index is -4.80. The van der Waals surface area contributed by atoms with Crippen LogP contribution < -0.4 is 5.32 Å². The third-order valence-corrected chi connectivity index (χ3v) is 3.49. The van der Waals surface area contributed by atoms with Gasteiger partial charge in [0, 0.05) is 18.1 Å². The second-order valence-corrected chi connectivity index (χ2v) is 5.19. The van der Waals surface area contributed by atoms with Crippen LogP contribution in [0.25, 0.3) is 0 Å². The lowest BCUT2D eigenvalue weighted by atomic mass is 10.8. The first-order chi connectivity index (χ1) is 8.42. The fourth-order valence-electron chi connectivity index (χ4n) is 0.588. The second kappa shape index (κ2) is 10.5. The molecule has 0 aliphatic rings. The van der Waals surface area contributed by atoms with E-state index >= 15 is 0 Å². The summed E-state index contributed by atoms with van der Waals surface area (Å²) in [7, 11) is 2.76. The van der Waals surface area contributed by atoms with E-state index in [2.05, 4.69) is 19.9 Å². The van der Waals surface area contributed by atoms with Crippen molar-refractivity contribution >= 4 is 21.6 Å². The second-order valence-electron chi connectivity index (χ2n) is 2.49. The summed E-state index contributed by atoms with van der Waals surface area (Å²) in [5, 5.41) is 11.4. The number of alkyl halides is 3. The molecule has 7 nitrogen and oxygen atoms in total. The van der Waals surface area contributed by atoms with Gasteiger partial charge in [-0.3, -0.25) is 5.32 Å². The van der Waals surface area contributed by atoms with Crippen molar-refractivity contribution in [2.24, 2.45) is 0 Å². The highest BCUT2D eigenvalue weighted by Crippen LogP contribution is 2.19. The van der Waals surface area contributed by atoms with Crippen molar-refractivity contribution in [1.82, 2.24) is 5.32 Å². The van der Waals surface area contributed by atoms with Crippen LogP contribution >= 0.6 is 21.6 Å². The van der Waals surface area contributed by atoms with Crippen LogP contribution in [0.2, 0.25) is 0 Å². The zero-order valence-corrected chi connectivity index (χ0v) is 10.6. The maximum absolute atomic E-state index is 11.4. The summed E-state index contributed by atoms with van der Waals surface area (Å²) < 4.78 is 34.3. The zero-order valence-electron chi connectivity index (χ0n) is 8.97. The maximum Gasteiger partial charge on any atom is 0.549 e. The summed E-state index contributed by atoms with van der Waals surface area (Å²) >= 11 is 0. The molecule has 108 valence electrons. The van der Waals surface area contributed by atoms with Crippen LogP contribution in [0, 0.1) is 10.1 Å². The zero-order chi connectivity index (χ0) is 13.9. The Labute approximate surface area is 108 Å². The van der Waals surface area contributed by atoms with Gasteiger partial charge in [-0.25, -0.2) is 4.89 Å². The Morgan fingerprint density at radius 2 is 1.94 bits per heavy atom. The monoisotopic (exact) mass is 312 g/mol. The molecule has 0 aromatic carbocycles. The van der Waals surface area contributed by atoms with Gasteiger partial charge in [-0.15, -0.1) is 28.2 Å². The summed E-state index contributed by atoms with van der Waals surface area (Å²) in [5.74, 6) is 1.04. The molecule has 12 heteroatoms. The quantitative estimate of drug-likeness (QED) is 0.154. The molecule has 0 amide bonds. The van der Waals surface area contributed by atoms with Crippen molar-refractivity contribution in [3.05, 3.63) is 10.1 Å². The van der Waals surface area contributed by atoms with E-state index in [1.54, 1.807) is 0 Å². The molecule has 0 atom stereocenters. The molecule has 0 unspecified atom stereocenters. The van der Waals surface area contributed by atoms with Crippen LogP contribution in [-0.2, 0) is 14.6 Å². The van der Waals surface area contributed by atoms with Gasteiger partial charge in [0.2, 0.25) is 0 Å². The van der Waals surface area contributed by atoms with Crippen molar-refractivity contribution < 1.29 is 32.9 Å². The summed E-state index contributed by atoms with van der Waals surface area (Å²) in [4.78, 5) is 20.7. The summed E-state index contributed by atoms with van der Waals surface area (Å²) in [6, 6.07) is 0. The van der Waals surface area contributed by atoms with Crippen LogP contribution in [0.3, 0.4) is 0 Å². The van der Waals surface area contributed by atoms with Gasteiger partial charge in [0.25, 0.3) is 5.09 Å². The van der Waals surface area contributed by atoms with Gasteiger partial charge in [-0.1, -0.05) is 21.6 Å². The largest absolute Gasteiger partial charge is 0.549 e. The molecule has 0 aromatic heterocycles. The average Bonchev–Trinajstić information content (AvgIpc) is 2.24. The first-order valence-electron chi connectivity index (χ1n) is 4.51. The van der Waals surface area contributed by atoms with Gasteiger partial charge < -0.3 is 4.84 Å². The van der Waals surface area contributed by atoms with Crippen molar-refractivity contribution in [1.29, 1.82) is 0 Å². The first-order valence-corrected chi connectivity index (χ1v) is 7.00. The molecule has 0 aromatic rings. The van der Waals surface area contributed by atoms with Crippen LogP contribution in [0.4, 0.5) is 13.2 Å². The highest BCUT2D eigenvalue weighted by molar-refractivity contribution is 8.76. The maximum atomic E-state index is 11.4. The molecule has 0 spiro atoms. The average molecular weight is 312 g/mol. The molecule has 0 radical (unpaired) electrons. The molecule has 0 saturated carbocycles. The topological polar surface area (TPSA) is 82.9 Å². The molecule has 18 heavy (non-hydrogen) atoms. The number of hydrogen-bond acceptors (Lipinski definition) is 8. The molecule has 0 heterocycles. The normalized spacial score (nSPS) is 11.5. The number of nitrogens with zero attached hydrogens (tertiary/aromatic N) is 1. The van der Waals surface area contributed by atoms with Gasteiger partial charge in [0.05, 0.1) is 0 Å². The first kappa shape index (κ1) is 17.6. The van der Waals surface area contributed by atoms with E-state index in [0.29, 0.717) is 18.1 Å². The van der Waals surface area contributed by atoms with E-state index in [9.17, 15) is 23.3 Å². The fraction of sp³-hybridized carbons (Fsp3) is 1.00. The number of rotatable bonds is 11. The molecule has 0 bridgehead atoms.